The number of ether oxygens (including phenoxy) is 1. The number of methoxy groups -OCH3 is 1. The molecule has 2 aromatic heterocycles. The van der Waals surface area contributed by atoms with Gasteiger partial charge >= 0.3 is 6.18 Å². The summed E-state index contributed by atoms with van der Waals surface area (Å²) in [5.74, 6) is 0.0952. The first-order chi connectivity index (χ1) is 14.3. The van der Waals surface area contributed by atoms with Gasteiger partial charge in [0.05, 0.1) is 12.7 Å². The summed E-state index contributed by atoms with van der Waals surface area (Å²) >= 11 is 0.306. The number of nitrogens with zero attached hydrogens (tertiary/aromatic N) is 3. The molecule has 0 radical (unpaired) electrons. The Morgan fingerprint density at radius 2 is 1.97 bits per heavy atom. The molecular formula is C20H21F3N4O2S. The number of halogens is 3. The average molecular weight is 438 g/mol. The van der Waals surface area contributed by atoms with Crippen LogP contribution in [0.1, 0.15) is 59.2 Å². The monoisotopic (exact) mass is 438 g/mol. The fraction of sp³-hybridized carbons (Fsp3) is 0.450. The van der Waals surface area contributed by atoms with Crippen molar-refractivity contribution in [3.63, 3.8) is 0 Å². The first-order valence-electron chi connectivity index (χ1n) is 9.70. The molecule has 10 heteroatoms. The standard InChI is InChI=1S/C20H21F3N4O2S/c1-11-16(17(28)24-19-26-25-18(30-19)20(21,22)23)14-10-13(29-2)8-9-15(14)27(11)12-6-4-3-5-7-12/h8-10,12H,3-7H2,1-2H3,(H,24,26,28). The summed E-state index contributed by atoms with van der Waals surface area (Å²) in [5, 5.41) is 8.51. The lowest BCUT2D eigenvalue weighted by molar-refractivity contribution is -0.138. The lowest BCUT2D eigenvalue weighted by Gasteiger charge is -2.26. The topological polar surface area (TPSA) is 69.0 Å². The molecule has 0 saturated heterocycles. The molecular weight excluding hydrogens is 417 g/mol. The molecule has 1 N–H and O–H groups in total. The second kappa shape index (κ2) is 7.90. The molecule has 1 aliphatic carbocycles. The van der Waals surface area contributed by atoms with Gasteiger partial charge in [0.1, 0.15) is 5.75 Å². The Labute approximate surface area is 175 Å². The fourth-order valence-corrected chi connectivity index (χ4v) is 4.80. The van der Waals surface area contributed by atoms with Crippen LogP contribution in [0.4, 0.5) is 18.3 Å². The number of carbonyl (C=O) groups is 1. The first-order valence-corrected chi connectivity index (χ1v) is 10.5. The van der Waals surface area contributed by atoms with Crippen LogP contribution in [0.5, 0.6) is 5.75 Å². The molecule has 1 saturated carbocycles. The van der Waals surface area contributed by atoms with Gasteiger partial charge in [0, 0.05) is 22.6 Å². The van der Waals surface area contributed by atoms with Crippen molar-refractivity contribution in [1.29, 1.82) is 0 Å². The highest BCUT2D eigenvalue weighted by Gasteiger charge is 2.36. The fourth-order valence-electron chi connectivity index (χ4n) is 4.19. The van der Waals surface area contributed by atoms with E-state index in [9.17, 15) is 18.0 Å². The quantitative estimate of drug-likeness (QED) is 0.577. The SMILES string of the molecule is COc1ccc2c(c1)c(C(=O)Nc1nnc(C(F)(F)F)s1)c(C)n2C1CCCCC1. The molecule has 0 atom stereocenters. The van der Waals surface area contributed by atoms with Crippen molar-refractivity contribution in [2.24, 2.45) is 0 Å². The first kappa shape index (κ1) is 20.6. The van der Waals surface area contributed by atoms with Gasteiger partial charge in [-0.1, -0.05) is 30.6 Å². The van der Waals surface area contributed by atoms with Crippen LogP contribution in [0.15, 0.2) is 18.2 Å². The van der Waals surface area contributed by atoms with Gasteiger partial charge in [-0.15, -0.1) is 10.2 Å². The minimum Gasteiger partial charge on any atom is -0.497 e. The van der Waals surface area contributed by atoms with E-state index in [4.69, 9.17) is 4.74 Å². The molecule has 30 heavy (non-hydrogen) atoms. The largest absolute Gasteiger partial charge is 0.497 e. The van der Waals surface area contributed by atoms with E-state index < -0.39 is 17.1 Å². The third-order valence-electron chi connectivity index (χ3n) is 5.51. The normalized spacial score (nSPS) is 15.5. The van der Waals surface area contributed by atoms with Crippen LogP contribution < -0.4 is 10.1 Å². The molecule has 160 valence electrons. The van der Waals surface area contributed by atoms with Gasteiger partial charge in [0.15, 0.2) is 0 Å². The van der Waals surface area contributed by atoms with Crippen LogP contribution in [0, 0.1) is 6.92 Å². The van der Waals surface area contributed by atoms with Gasteiger partial charge in [-0.25, -0.2) is 0 Å². The number of rotatable bonds is 4. The number of fused-ring (bicyclic) bond motifs is 1. The van der Waals surface area contributed by atoms with Crippen molar-refractivity contribution in [2.75, 3.05) is 12.4 Å². The molecule has 6 nitrogen and oxygen atoms in total. The van der Waals surface area contributed by atoms with Crippen LogP contribution in [0.25, 0.3) is 10.9 Å². The molecule has 1 aromatic carbocycles. The minimum absolute atomic E-state index is 0.187. The molecule has 1 aliphatic rings. The zero-order valence-electron chi connectivity index (χ0n) is 16.5. The highest BCUT2D eigenvalue weighted by atomic mass is 32.1. The van der Waals surface area contributed by atoms with E-state index >= 15 is 0 Å². The zero-order chi connectivity index (χ0) is 21.5. The Balaban J connectivity index is 1.76. The predicted molar refractivity (Wildman–Crippen MR) is 108 cm³/mol. The summed E-state index contributed by atoms with van der Waals surface area (Å²) in [6.45, 7) is 1.87. The Kier molecular flexibility index (Phi) is 5.44. The van der Waals surface area contributed by atoms with Gasteiger partial charge in [-0.3, -0.25) is 10.1 Å². The molecule has 0 aliphatic heterocycles. The van der Waals surface area contributed by atoms with E-state index in [1.165, 1.54) is 6.42 Å². The second-order valence-electron chi connectivity index (χ2n) is 7.37. The van der Waals surface area contributed by atoms with Crippen LogP contribution in [0.3, 0.4) is 0 Å². The number of amides is 1. The number of aromatic nitrogens is 3. The molecule has 0 spiro atoms. The Morgan fingerprint density at radius 1 is 1.23 bits per heavy atom. The van der Waals surface area contributed by atoms with Crippen molar-refractivity contribution in [3.8, 4) is 5.75 Å². The van der Waals surface area contributed by atoms with E-state index in [2.05, 4.69) is 20.1 Å². The van der Waals surface area contributed by atoms with Crippen LogP contribution >= 0.6 is 11.3 Å². The number of benzene rings is 1. The van der Waals surface area contributed by atoms with E-state index in [-0.39, 0.29) is 11.2 Å². The lowest BCUT2D eigenvalue weighted by Crippen LogP contribution is -2.16. The Morgan fingerprint density at radius 3 is 2.60 bits per heavy atom. The van der Waals surface area contributed by atoms with E-state index in [1.54, 1.807) is 13.2 Å². The van der Waals surface area contributed by atoms with Gasteiger partial charge < -0.3 is 9.30 Å². The third kappa shape index (κ3) is 3.76. The molecule has 0 unspecified atom stereocenters. The van der Waals surface area contributed by atoms with Crippen molar-refractivity contribution in [1.82, 2.24) is 14.8 Å². The van der Waals surface area contributed by atoms with Crippen molar-refractivity contribution >= 4 is 33.3 Å². The third-order valence-corrected chi connectivity index (χ3v) is 6.39. The van der Waals surface area contributed by atoms with Gasteiger partial charge in [0.2, 0.25) is 10.1 Å². The summed E-state index contributed by atoms with van der Waals surface area (Å²) in [4.78, 5) is 13.1. The number of hydrogen-bond donors (Lipinski definition) is 1. The van der Waals surface area contributed by atoms with Crippen molar-refractivity contribution in [2.45, 2.75) is 51.2 Å². The summed E-state index contributed by atoms with van der Waals surface area (Å²) in [6.07, 6.45) is 0.931. The van der Waals surface area contributed by atoms with E-state index in [0.29, 0.717) is 28.0 Å². The number of nitrogens with one attached hydrogen (secondary N) is 1. The minimum atomic E-state index is -4.60. The second-order valence-corrected chi connectivity index (χ2v) is 8.35. The maximum absolute atomic E-state index is 13.1. The Bertz CT molecular complexity index is 1080. The summed E-state index contributed by atoms with van der Waals surface area (Å²) < 4.78 is 45.9. The van der Waals surface area contributed by atoms with E-state index in [1.807, 2.05) is 19.1 Å². The lowest BCUT2D eigenvalue weighted by atomic mass is 9.95. The van der Waals surface area contributed by atoms with Crippen molar-refractivity contribution < 1.29 is 22.7 Å². The molecule has 4 rings (SSSR count). The summed E-state index contributed by atoms with van der Waals surface area (Å²) in [6, 6.07) is 5.86. The highest BCUT2D eigenvalue weighted by Crippen LogP contribution is 2.38. The van der Waals surface area contributed by atoms with Gasteiger partial charge in [0.25, 0.3) is 5.91 Å². The number of anilines is 1. The van der Waals surface area contributed by atoms with Gasteiger partial charge in [-0.2, -0.15) is 13.2 Å². The predicted octanol–water partition coefficient (Wildman–Crippen LogP) is 5.59. The maximum Gasteiger partial charge on any atom is 0.445 e. The molecule has 1 amide bonds. The molecule has 2 heterocycles. The number of alkyl halides is 3. The maximum atomic E-state index is 13.1. The van der Waals surface area contributed by atoms with Crippen LogP contribution in [-0.4, -0.2) is 27.8 Å². The molecule has 1 fully saturated rings. The summed E-state index contributed by atoms with van der Waals surface area (Å²) in [7, 11) is 1.55. The van der Waals surface area contributed by atoms with Crippen LogP contribution in [-0.2, 0) is 6.18 Å². The zero-order valence-corrected chi connectivity index (χ0v) is 17.4. The average Bonchev–Trinajstić information content (AvgIpc) is 3.29. The molecule has 0 bridgehead atoms. The number of carbonyl (C=O) groups excluding carboxylic acids is 1. The van der Waals surface area contributed by atoms with Gasteiger partial charge in [-0.05, 0) is 38.0 Å². The van der Waals surface area contributed by atoms with Crippen molar-refractivity contribution in [3.05, 3.63) is 34.5 Å². The summed E-state index contributed by atoms with van der Waals surface area (Å²) in [5.41, 5.74) is 2.11. The van der Waals surface area contributed by atoms with E-state index in [0.717, 1.165) is 36.9 Å². The smallest absolute Gasteiger partial charge is 0.445 e. The highest BCUT2D eigenvalue weighted by molar-refractivity contribution is 7.15. The molecule has 3 aromatic rings. The van der Waals surface area contributed by atoms with Crippen LogP contribution in [0.2, 0.25) is 0 Å². The number of hydrogen-bond acceptors (Lipinski definition) is 5. The Hall–Kier alpha value is -2.62.